The summed E-state index contributed by atoms with van der Waals surface area (Å²) in [4.78, 5) is 40.6. The standard InChI is InChI=1S/C26H31FN5O4P.C2H6/c1-7-8-17(13-15(2)26(4,27)37)14-29-23(33)16(3)20-21(28-5)22(32(6)31-20)30-24(34)18-9-11-19(12-10-18)25(35)36;1-2/h7-9,11-13,18H,2-3,5,10,14,37H2,1,4,6H3,(H,29,33)(H,30,34)(H,35,36);1-2H3/b8-7-,17-13+;. The molecule has 0 aliphatic heterocycles. The van der Waals surface area contributed by atoms with Gasteiger partial charge in [-0.05, 0) is 38.1 Å². The normalized spacial score (nSPS) is 16.3. The van der Waals surface area contributed by atoms with Crippen LogP contribution in [0.1, 0.15) is 39.8 Å². The first kappa shape index (κ1) is 33.1. The van der Waals surface area contributed by atoms with Crippen LogP contribution in [-0.4, -0.2) is 51.3 Å². The van der Waals surface area contributed by atoms with E-state index in [0.717, 1.165) is 0 Å². The molecule has 1 aromatic rings. The van der Waals surface area contributed by atoms with E-state index in [4.69, 9.17) is 5.11 Å². The zero-order valence-electron chi connectivity index (χ0n) is 23.0. The number of allylic oxidation sites excluding steroid dienone is 4. The van der Waals surface area contributed by atoms with Gasteiger partial charge >= 0.3 is 5.97 Å². The van der Waals surface area contributed by atoms with Crippen molar-refractivity contribution in [3.8, 4) is 0 Å². The highest BCUT2D eigenvalue weighted by molar-refractivity contribution is 7.19. The molecule has 1 heterocycles. The summed E-state index contributed by atoms with van der Waals surface area (Å²) < 4.78 is 15.5. The number of carboxylic acids is 1. The van der Waals surface area contributed by atoms with Crippen LogP contribution in [0.25, 0.3) is 5.57 Å². The molecule has 0 fully saturated rings. The summed E-state index contributed by atoms with van der Waals surface area (Å²) in [5.74, 6) is -2.40. The Bertz CT molecular complexity index is 1270. The number of alkyl halides is 1. The van der Waals surface area contributed by atoms with Gasteiger partial charge in [0.15, 0.2) is 5.82 Å². The van der Waals surface area contributed by atoms with Crippen molar-refractivity contribution >= 4 is 50.8 Å². The first-order valence-electron chi connectivity index (χ1n) is 12.2. The lowest BCUT2D eigenvalue weighted by atomic mass is 9.96. The van der Waals surface area contributed by atoms with Crippen molar-refractivity contribution in [3.63, 3.8) is 0 Å². The number of aryl methyl sites for hydroxylation is 1. The molecule has 39 heavy (non-hydrogen) atoms. The second-order valence-electron chi connectivity index (χ2n) is 8.46. The summed E-state index contributed by atoms with van der Waals surface area (Å²) in [6, 6.07) is 0. The Morgan fingerprint density at radius 1 is 1.36 bits per heavy atom. The number of aliphatic carboxylic acids is 1. The highest BCUT2D eigenvalue weighted by Crippen LogP contribution is 2.33. The average Bonchev–Trinajstić information content (AvgIpc) is 3.21. The van der Waals surface area contributed by atoms with Crippen LogP contribution in [0.4, 0.5) is 15.9 Å². The van der Waals surface area contributed by atoms with Gasteiger partial charge in [0, 0.05) is 13.6 Å². The molecule has 3 N–H and O–H groups in total. The number of nitrogens with zero attached hydrogens (tertiary/aromatic N) is 3. The van der Waals surface area contributed by atoms with E-state index in [0.29, 0.717) is 5.57 Å². The quantitative estimate of drug-likeness (QED) is 0.152. The van der Waals surface area contributed by atoms with Crippen molar-refractivity contribution in [2.24, 2.45) is 18.0 Å². The van der Waals surface area contributed by atoms with Gasteiger partial charge in [-0.2, -0.15) is 5.10 Å². The lowest BCUT2D eigenvalue weighted by Gasteiger charge is -2.16. The van der Waals surface area contributed by atoms with Gasteiger partial charge < -0.3 is 15.7 Å². The molecule has 0 saturated carbocycles. The molecule has 2 amide bonds. The summed E-state index contributed by atoms with van der Waals surface area (Å²) >= 11 is 0. The van der Waals surface area contributed by atoms with Crippen LogP contribution in [0.5, 0.6) is 0 Å². The van der Waals surface area contributed by atoms with Crippen LogP contribution in [0.3, 0.4) is 0 Å². The Hall–Kier alpha value is -3.91. The van der Waals surface area contributed by atoms with Gasteiger partial charge in [-0.3, -0.25) is 14.6 Å². The molecule has 0 aromatic carbocycles. The van der Waals surface area contributed by atoms with Crippen molar-refractivity contribution in [1.82, 2.24) is 15.1 Å². The number of hydrogen-bond donors (Lipinski definition) is 3. The van der Waals surface area contributed by atoms with Crippen LogP contribution in [0.2, 0.25) is 0 Å². The largest absolute Gasteiger partial charge is 0.478 e. The number of aliphatic imine (C=N–C) groups is 1. The first-order valence-corrected chi connectivity index (χ1v) is 12.8. The molecule has 210 valence electrons. The van der Waals surface area contributed by atoms with E-state index in [1.54, 1.807) is 32.2 Å². The number of halogens is 1. The number of carbonyl (C=O) groups is 3. The summed E-state index contributed by atoms with van der Waals surface area (Å²) in [5, 5.41) is 17.1. The molecule has 0 bridgehead atoms. The van der Waals surface area contributed by atoms with Crippen LogP contribution < -0.4 is 10.6 Å². The molecule has 1 aromatic heterocycles. The van der Waals surface area contributed by atoms with Crippen LogP contribution in [0, 0.1) is 5.92 Å². The lowest BCUT2D eigenvalue weighted by Crippen LogP contribution is -2.26. The maximum Gasteiger partial charge on any atom is 0.335 e. The Kier molecular flexibility index (Phi) is 12.6. The molecule has 0 radical (unpaired) electrons. The third-order valence-corrected chi connectivity index (χ3v) is 5.86. The van der Waals surface area contributed by atoms with E-state index >= 15 is 0 Å². The van der Waals surface area contributed by atoms with Crippen LogP contribution in [-0.2, 0) is 21.4 Å². The molecule has 1 aliphatic carbocycles. The van der Waals surface area contributed by atoms with Crippen molar-refractivity contribution in [1.29, 1.82) is 0 Å². The number of amides is 2. The van der Waals surface area contributed by atoms with E-state index in [-0.39, 0.29) is 46.9 Å². The third kappa shape index (κ3) is 9.11. The van der Waals surface area contributed by atoms with Gasteiger partial charge in [0.1, 0.15) is 16.8 Å². The molecule has 9 nitrogen and oxygen atoms in total. The number of carbonyl (C=O) groups excluding carboxylic acids is 2. The van der Waals surface area contributed by atoms with Gasteiger partial charge in [0.05, 0.1) is 17.1 Å². The van der Waals surface area contributed by atoms with E-state index in [1.807, 2.05) is 13.8 Å². The monoisotopic (exact) mass is 557 g/mol. The molecule has 2 rings (SSSR count). The molecule has 11 heteroatoms. The smallest absolute Gasteiger partial charge is 0.335 e. The third-order valence-electron chi connectivity index (χ3n) is 5.49. The Morgan fingerprint density at radius 3 is 2.49 bits per heavy atom. The van der Waals surface area contributed by atoms with Crippen LogP contribution in [0.15, 0.2) is 71.3 Å². The predicted molar refractivity (Wildman–Crippen MR) is 159 cm³/mol. The summed E-state index contributed by atoms with van der Waals surface area (Å²) in [5.41, 5.74) is 1.24. The highest BCUT2D eigenvalue weighted by Gasteiger charge is 2.26. The minimum absolute atomic E-state index is 0.00914. The molecule has 0 spiro atoms. The van der Waals surface area contributed by atoms with E-state index in [2.05, 4.69) is 49.8 Å². The number of carboxylic acid groups (broad SMARTS) is 1. The number of hydrogen-bond acceptors (Lipinski definition) is 5. The van der Waals surface area contributed by atoms with Gasteiger partial charge in [0.25, 0.3) is 5.91 Å². The van der Waals surface area contributed by atoms with Crippen LogP contribution >= 0.6 is 9.24 Å². The van der Waals surface area contributed by atoms with Gasteiger partial charge in [-0.1, -0.05) is 72.7 Å². The molecule has 3 atom stereocenters. The summed E-state index contributed by atoms with van der Waals surface area (Å²) in [6.45, 7) is 18.3. The number of rotatable bonds is 11. The fraction of sp³-hybridized carbons (Fsp3) is 0.321. The van der Waals surface area contributed by atoms with Crippen molar-refractivity contribution < 1.29 is 23.9 Å². The second kappa shape index (κ2) is 14.9. The van der Waals surface area contributed by atoms with E-state index in [9.17, 15) is 18.8 Å². The Morgan fingerprint density at radius 2 is 2.00 bits per heavy atom. The zero-order valence-corrected chi connectivity index (χ0v) is 24.2. The number of aromatic nitrogens is 2. The minimum atomic E-state index is -1.69. The summed E-state index contributed by atoms with van der Waals surface area (Å²) in [7, 11) is 3.63. The highest BCUT2D eigenvalue weighted by atomic mass is 31.0. The molecule has 0 saturated heterocycles. The molecule has 3 unspecified atom stereocenters. The first-order chi connectivity index (χ1) is 18.3. The van der Waals surface area contributed by atoms with Gasteiger partial charge in [-0.15, -0.1) is 0 Å². The molecular weight excluding hydrogens is 520 g/mol. The zero-order chi connectivity index (χ0) is 29.9. The molecule has 1 aliphatic rings. The fourth-order valence-electron chi connectivity index (χ4n) is 3.32. The average molecular weight is 558 g/mol. The van der Waals surface area contributed by atoms with Gasteiger partial charge in [0.2, 0.25) is 5.91 Å². The SMILES string of the molecule is C=Nc1c(C(=C)C(=O)NCC(/C=C\C)=C/C(=C)C(C)(F)P)nn(C)c1NC(=O)C1C=CC(C(=O)O)=CC1.CC. The lowest BCUT2D eigenvalue weighted by molar-refractivity contribution is -0.132. The topological polar surface area (TPSA) is 126 Å². The predicted octanol–water partition coefficient (Wildman–Crippen LogP) is 5.05. The Labute approximate surface area is 231 Å². The Balaban J connectivity index is 0.00000371. The maximum absolute atomic E-state index is 14.1. The maximum atomic E-state index is 14.1. The minimum Gasteiger partial charge on any atom is -0.478 e. The van der Waals surface area contributed by atoms with Crippen molar-refractivity contribution in [2.75, 3.05) is 11.9 Å². The number of nitrogens with one attached hydrogen (secondary N) is 2. The van der Waals surface area contributed by atoms with Gasteiger partial charge in [-0.25, -0.2) is 13.9 Å². The van der Waals surface area contributed by atoms with E-state index in [1.165, 1.54) is 29.8 Å². The van der Waals surface area contributed by atoms with Crippen molar-refractivity contribution in [3.05, 3.63) is 72.0 Å². The fourth-order valence-corrected chi connectivity index (χ4v) is 3.41. The van der Waals surface area contributed by atoms with E-state index < -0.39 is 29.1 Å². The van der Waals surface area contributed by atoms with Crippen molar-refractivity contribution in [2.45, 2.75) is 39.5 Å². The summed E-state index contributed by atoms with van der Waals surface area (Å²) in [6.07, 6.45) is 9.61. The molecular formula is C28H37FN5O4P. The number of anilines is 1. The second-order valence-corrected chi connectivity index (χ2v) is 9.55.